The van der Waals surface area contributed by atoms with E-state index in [1.807, 2.05) is 0 Å². The van der Waals surface area contributed by atoms with Crippen LogP contribution < -0.4 is 11.2 Å². The van der Waals surface area contributed by atoms with Crippen molar-refractivity contribution in [1.82, 2.24) is 9.55 Å². The summed E-state index contributed by atoms with van der Waals surface area (Å²) in [5.74, 6) is -0.131. The van der Waals surface area contributed by atoms with Crippen molar-refractivity contribution in [2.75, 3.05) is 0 Å². The van der Waals surface area contributed by atoms with Gasteiger partial charge in [-0.15, -0.1) is 0 Å². The number of carbonyl (C=O) groups is 1. The van der Waals surface area contributed by atoms with E-state index >= 15 is 0 Å². The number of hydrogen-bond acceptors (Lipinski definition) is 3. The molecule has 13 heavy (non-hydrogen) atoms. The van der Waals surface area contributed by atoms with Gasteiger partial charge in [-0.1, -0.05) is 0 Å². The number of aromatic nitrogens is 2. The average Bonchev–Trinajstić information content (AvgIpc) is 1.99. The van der Waals surface area contributed by atoms with Crippen LogP contribution in [0.5, 0.6) is 0 Å². The van der Waals surface area contributed by atoms with Crippen molar-refractivity contribution in [3.8, 4) is 0 Å². The lowest BCUT2D eigenvalue weighted by atomic mass is 10.3. The van der Waals surface area contributed by atoms with E-state index in [4.69, 9.17) is 0 Å². The Morgan fingerprint density at radius 2 is 2.15 bits per heavy atom. The highest BCUT2D eigenvalue weighted by molar-refractivity contribution is 5.75. The molecule has 0 amide bonds. The Kier molecular flexibility index (Phi) is 2.46. The lowest BCUT2D eigenvalue weighted by Crippen LogP contribution is -2.32. The Labute approximate surface area is 74.0 Å². The van der Waals surface area contributed by atoms with E-state index in [1.165, 1.54) is 17.7 Å². The van der Waals surface area contributed by atoms with E-state index < -0.39 is 11.2 Å². The van der Waals surface area contributed by atoms with Crippen LogP contribution in [0.25, 0.3) is 0 Å². The highest BCUT2D eigenvalue weighted by Gasteiger charge is 2.01. The van der Waals surface area contributed by atoms with Crippen LogP contribution in [-0.4, -0.2) is 15.3 Å². The third-order valence-corrected chi connectivity index (χ3v) is 1.58. The molecule has 0 spiro atoms. The van der Waals surface area contributed by atoms with Gasteiger partial charge in [-0.05, 0) is 13.8 Å². The molecule has 1 N–H and O–H groups in total. The molecule has 0 fully saturated rings. The first-order valence-electron chi connectivity index (χ1n) is 3.80. The van der Waals surface area contributed by atoms with Crippen LogP contribution >= 0.6 is 0 Å². The van der Waals surface area contributed by atoms with Crippen LogP contribution in [-0.2, 0) is 11.3 Å². The molecule has 1 heterocycles. The summed E-state index contributed by atoms with van der Waals surface area (Å²) >= 11 is 0. The number of rotatable bonds is 2. The second-order valence-corrected chi connectivity index (χ2v) is 2.90. The zero-order valence-corrected chi connectivity index (χ0v) is 7.46. The molecule has 1 aromatic rings. The first-order chi connectivity index (χ1) is 6.00. The molecule has 0 aliphatic heterocycles. The SMILES string of the molecule is CC(=O)Cn1cc(C)c(=O)[nH]c1=O. The summed E-state index contributed by atoms with van der Waals surface area (Å²) < 4.78 is 1.18. The average molecular weight is 182 g/mol. The fourth-order valence-corrected chi connectivity index (χ4v) is 0.976. The Balaban J connectivity index is 3.24. The molecule has 0 saturated carbocycles. The number of H-pyrrole nitrogens is 1. The normalized spacial score (nSPS) is 10.0. The van der Waals surface area contributed by atoms with E-state index in [0.29, 0.717) is 5.56 Å². The van der Waals surface area contributed by atoms with Crippen molar-refractivity contribution >= 4 is 5.78 Å². The van der Waals surface area contributed by atoms with Crippen molar-refractivity contribution in [2.24, 2.45) is 0 Å². The van der Waals surface area contributed by atoms with Crippen LogP contribution in [0.3, 0.4) is 0 Å². The van der Waals surface area contributed by atoms with Gasteiger partial charge < -0.3 is 0 Å². The van der Waals surface area contributed by atoms with Crippen LogP contribution in [0.2, 0.25) is 0 Å². The highest BCUT2D eigenvalue weighted by atomic mass is 16.2. The Hall–Kier alpha value is -1.65. The number of nitrogens with one attached hydrogen (secondary N) is 1. The first-order valence-corrected chi connectivity index (χ1v) is 3.80. The zero-order valence-electron chi connectivity index (χ0n) is 7.46. The molecule has 0 unspecified atom stereocenters. The number of aromatic amines is 1. The maximum atomic E-state index is 11.1. The van der Waals surface area contributed by atoms with Gasteiger partial charge in [-0.2, -0.15) is 0 Å². The molecule has 0 aliphatic carbocycles. The largest absolute Gasteiger partial charge is 0.328 e. The summed E-state index contributed by atoms with van der Waals surface area (Å²) in [6.45, 7) is 2.96. The van der Waals surface area contributed by atoms with Crippen molar-refractivity contribution in [2.45, 2.75) is 20.4 Å². The minimum Gasteiger partial charge on any atom is -0.298 e. The number of ketones is 1. The quantitative estimate of drug-likeness (QED) is 0.666. The standard InChI is InChI=1S/C8H10N2O3/c1-5-3-10(4-6(2)11)8(13)9-7(5)12/h3H,4H2,1-2H3,(H,9,12,13). The van der Waals surface area contributed by atoms with E-state index in [-0.39, 0.29) is 12.3 Å². The van der Waals surface area contributed by atoms with Crippen molar-refractivity contribution < 1.29 is 4.79 Å². The van der Waals surface area contributed by atoms with Gasteiger partial charge in [0.15, 0.2) is 0 Å². The van der Waals surface area contributed by atoms with Crippen molar-refractivity contribution in [3.05, 3.63) is 32.6 Å². The van der Waals surface area contributed by atoms with E-state index in [0.717, 1.165) is 0 Å². The third-order valence-electron chi connectivity index (χ3n) is 1.58. The van der Waals surface area contributed by atoms with Crippen LogP contribution in [0.4, 0.5) is 0 Å². The predicted molar refractivity (Wildman–Crippen MR) is 46.7 cm³/mol. The van der Waals surface area contributed by atoms with Gasteiger partial charge in [0.2, 0.25) is 0 Å². The molecule has 0 aromatic carbocycles. The molecule has 0 atom stereocenters. The number of Topliss-reactive ketones (excluding diaryl/α,β-unsaturated/α-hetero) is 1. The van der Waals surface area contributed by atoms with Crippen LogP contribution in [0.1, 0.15) is 12.5 Å². The molecule has 1 rings (SSSR count). The van der Waals surface area contributed by atoms with E-state index in [9.17, 15) is 14.4 Å². The second kappa shape index (κ2) is 3.38. The molecule has 0 aliphatic rings. The van der Waals surface area contributed by atoms with Gasteiger partial charge in [-0.25, -0.2) is 4.79 Å². The van der Waals surface area contributed by atoms with Gasteiger partial charge in [-0.3, -0.25) is 19.1 Å². The summed E-state index contributed by atoms with van der Waals surface area (Å²) in [6, 6.07) is 0. The van der Waals surface area contributed by atoms with Crippen LogP contribution in [0.15, 0.2) is 15.8 Å². The van der Waals surface area contributed by atoms with Crippen LogP contribution in [0, 0.1) is 6.92 Å². The molecule has 70 valence electrons. The number of hydrogen-bond donors (Lipinski definition) is 1. The minimum atomic E-state index is -0.550. The molecule has 1 aromatic heterocycles. The fourth-order valence-electron chi connectivity index (χ4n) is 0.976. The van der Waals surface area contributed by atoms with Gasteiger partial charge >= 0.3 is 5.69 Å². The van der Waals surface area contributed by atoms with Crippen molar-refractivity contribution in [1.29, 1.82) is 0 Å². The molecule has 0 bridgehead atoms. The molecular formula is C8H10N2O3. The monoisotopic (exact) mass is 182 g/mol. The lowest BCUT2D eigenvalue weighted by molar-refractivity contribution is -0.117. The summed E-state index contributed by atoms with van der Waals surface area (Å²) in [5.41, 5.74) is -0.545. The summed E-state index contributed by atoms with van der Waals surface area (Å²) in [6.07, 6.45) is 1.38. The molecule has 5 heteroatoms. The molecular weight excluding hydrogens is 172 g/mol. The lowest BCUT2D eigenvalue weighted by Gasteiger charge is -2.01. The summed E-state index contributed by atoms with van der Waals surface area (Å²) in [5, 5.41) is 0. The smallest absolute Gasteiger partial charge is 0.298 e. The zero-order chi connectivity index (χ0) is 10.0. The van der Waals surface area contributed by atoms with Gasteiger partial charge in [0.1, 0.15) is 5.78 Å². The number of carbonyl (C=O) groups excluding carboxylic acids is 1. The number of nitrogens with zero attached hydrogens (tertiary/aromatic N) is 1. The van der Waals surface area contributed by atoms with E-state index in [1.54, 1.807) is 6.92 Å². The Morgan fingerprint density at radius 1 is 1.54 bits per heavy atom. The third kappa shape index (κ3) is 2.14. The fraction of sp³-hybridized carbons (Fsp3) is 0.375. The second-order valence-electron chi connectivity index (χ2n) is 2.90. The molecule has 0 radical (unpaired) electrons. The highest BCUT2D eigenvalue weighted by Crippen LogP contribution is 1.84. The first kappa shape index (κ1) is 9.44. The Bertz CT molecular complexity index is 441. The van der Waals surface area contributed by atoms with Gasteiger partial charge in [0, 0.05) is 11.8 Å². The topological polar surface area (TPSA) is 71.9 Å². The molecule has 5 nitrogen and oxygen atoms in total. The van der Waals surface area contributed by atoms with Crippen molar-refractivity contribution in [3.63, 3.8) is 0 Å². The maximum Gasteiger partial charge on any atom is 0.328 e. The maximum absolute atomic E-state index is 11.1. The predicted octanol–water partition coefficient (Wildman–Crippen LogP) is -0.566. The summed E-state index contributed by atoms with van der Waals surface area (Å²) in [4.78, 5) is 34.8. The minimum absolute atomic E-state index is 0.00352. The molecule has 0 saturated heterocycles. The summed E-state index contributed by atoms with van der Waals surface area (Å²) in [7, 11) is 0. The Morgan fingerprint density at radius 3 is 2.69 bits per heavy atom. The van der Waals surface area contributed by atoms with E-state index in [2.05, 4.69) is 4.98 Å². The van der Waals surface area contributed by atoms with Gasteiger partial charge in [0.05, 0.1) is 6.54 Å². The van der Waals surface area contributed by atoms with Gasteiger partial charge in [0.25, 0.3) is 5.56 Å². The number of aryl methyl sites for hydroxylation is 1.